The molecule has 0 fully saturated rings. The summed E-state index contributed by atoms with van der Waals surface area (Å²) in [6, 6.07) is 4.11. The third-order valence-electron chi connectivity index (χ3n) is 3.06. The van der Waals surface area contributed by atoms with Crippen molar-refractivity contribution >= 4 is 17.5 Å². The Morgan fingerprint density at radius 1 is 1.53 bits per heavy atom. The molecule has 1 aliphatic heterocycles. The van der Waals surface area contributed by atoms with Gasteiger partial charge in [0.1, 0.15) is 5.82 Å². The van der Waals surface area contributed by atoms with Crippen LogP contribution in [0.25, 0.3) is 0 Å². The van der Waals surface area contributed by atoms with Gasteiger partial charge < -0.3 is 10.6 Å². The summed E-state index contributed by atoms with van der Waals surface area (Å²) in [5.74, 6) is -1.07. The fraction of sp³-hybridized carbons (Fsp3) is 0.429. The fourth-order valence-corrected chi connectivity index (χ4v) is 2.10. The lowest BCUT2D eigenvalue weighted by Crippen LogP contribution is -2.36. The van der Waals surface area contributed by atoms with E-state index in [9.17, 15) is 14.0 Å². The van der Waals surface area contributed by atoms with Gasteiger partial charge in [-0.2, -0.15) is 0 Å². The average Bonchev–Trinajstić information content (AvgIpc) is 2.34. The molecular weight excluding hydrogens is 247 g/mol. The normalized spacial score (nSPS) is 17.9. The number of benzene rings is 1. The largest absolute Gasteiger partial charge is 0.355 e. The Kier molecular flexibility index (Phi) is 3.83. The standard InChI is InChI=1S/C14H17FN2O2/c1-8(2)7-16-14(19)11-6-13(18)17-12-5-9(15)3-4-10(11)12/h3-5,8,11H,6-7H2,1-2H3,(H,16,19)(H,17,18). The molecule has 1 aromatic carbocycles. The Balaban J connectivity index is 2.22. The third kappa shape index (κ3) is 3.10. The molecular formula is C14H17FN2O2. The molecule has 4 nitrogen and oxygen atoms in total. The second kappa shape index (κ2) is 5.38. The van der Waals surface area contributed by atoms with Crippen molar-refractivity contribution in [2.24, 2.45) is 5.92 Å². The fourth-order valence-electron chi connectivity index (χ4n) is 2.10. The number of halogens is 1. The molecule has 2 amide bonds. The molecule has 1 aromatic rings. The van der Waals surface area contributed by atoms with Gasteiger partial charge in [-0.1, -0.05) is 19.9 Å². The predicted molar refractivity (Wildman–Crippen MR) is 70.2 cm³/mol. The Hall–Kier alpha value is -1.91. The van der Waals surface area contributed by atoms with E-state index in [4.69, 9.17) is 0 Å². The van der Waals surface area contributed by atoms with Crippen LogP contribution >= 0.6 is 0 Å². The van der Waals surface area contributed by atoms with Gasteiger partial charge in [-0.3, -0.25) is 9.59 Å². The summed E-state index contributed by atoms with van der Waals surface area (Å²) in [5, 5.41) is 5.41. The summed E-state index contributed by atoms with van der Waals surface area (Å²) in [6.45, 7) is 4.56. The third-order valence-corrected chi connectivity index (χ3v) is 3.06. The van der Waals surface area contributed by atoms with E-state index in [1.165, 1.54) is 12.1 Å². The van der Waals surface area contributed by atoms with Crippen LogP contribution in [0.3, 0.4) is 0 Å². The zero-order chi connectivity index (χ0) is 14.0. The molecule has 1 unspecified atom stereocenters. The number of nitrogens with one attached hydrogen (secondary N) is 2. The van der Waals surface area contributed by atoms with Crippen LogP contribution < -0.4 is 10.6 Å². The Morgan fingerprint density at radius 3 is 2.95 bits per heavy atom. The average molecular weight is 264 g/mol. The van der Waals surface area contributed by atoms with Crippen molar-refractivity contribution in [1.82, 2.24) is 5.32 Å². The molecule has 102 valence electrons. The van der Waals surface area contributed by atoms with Crippen LogP contribution in [-0.2, 0) is 9.59 Å². The van der Waals surface area contributed by atoms with Crippen molar-refractivity contribution in [1.29, 1.82) is 0 Å². The Morgan fingerprint density at radius 2 is 2.26 bits per heavy atom. The second-order valence-corrected chi connectivity index (χ2v) is 5.18. The van der Waals surface area contributed by atoms with Crippen molar-refractivity contribution in [3.05, 3.63) is 29.6 Å². The topological polar surface area (TPSA) is 58.2 Å². The zero-order valence-electron chi connectivity index (χ0n) is 11.0. The van der Waals surface area contributed by atoms with Crippen molar-refractivity contribution in [2.75, 3.05) is 11.9 Å². The number of rotatable bonds is 3. The van der Waals surface area contributed by atoms with Crippen molar-refractivity contribution in [3.63, 3.8) is 0 Å². The maximum atomic E-state index is 13.2. The Labute approximate surface area is 111 Å². The van der Waals surface area contributed by atoms with E-state index in [0.717, 1.165) is 0 Å². The van der Waals surface area contributed by atoms with E-state index in [0.29, 0.717) is 23.7 Å². The zero-order valence-corrected chi connectivity index (χ0v) is 11.0. The minimum atomic E-state index is -0.539. The molecule has 2 N–H and O–H groups in total. The molecule has 0 saturated heterocycles. The van der Waals surface area contributed by atoms with Crippen LogP contribution in [0, 0.1) is 11.7 Å². The van der Waals surface area contributed by atoms with Crippen molar-refractivity contribution < 1.29 is 14.0 Å². The summed E-state index contributed by atoms with van der Waals surface area (Å²) in [5.41, 5.74) is 1.06. The quantitative estimate of drug-likeness (QED) is 0.877. The van der Waals surface area contributed by atoms with Crippen LogP contribution in [0.4, 0.5) is 10.1 Å². The van der Waals surface area contributed by atoms with E-state index >= 15 is 0 Å². The molecule has 0 aliphatic carbocycles. The lowest BCUT2D eigenvalue weighted by Gasteiger charge is -2.25. The van der Waals surface area contributed by atoms with E-state index in [2.05, 4.69) is 10.6 Å². The predicted octanol–water partition coefficient (Wildman–Crippen LogP) is 2.02. The first-order valence-electron chi connectivity index (χ1n) is 6.34. The van der Waals surface area contributed by atoms with Gasteiger partial charge in [0.05, 0.1) is 5.92 Å². The highest BCUT2D eigenvalue weighted by molar-refractivity contribution is 6.01. The molecule has 19 heavy (non-hydrogen) atoms. The Bertz CT molecular complexity index is 514. The summed E-state index contributed by atoms with van der Waals surface area (Å²) >= 11 is 0. The molecule has 0 aromatic heterocycles. The molecule has 0 radical (unpaired) electrons. The highest BCUT2D eigenvalue weighted by Gasteiger charge is 2.30. The first-order chi connectivity index (χ1) is 8.97. The summed E-state index contributed by atoms with van der Waals surface area (Å²) < 4.78 is 13.2. The van der Waals surface area contributed by atoms with Gasteiger partial charge in [0, 0.05) is 18.7 Å². The van der Waals surface area contributed by atoms with Crippen molar-refractivity contribution in [3.8, 4) is 0 Å². The van der Waals surface area contributed by atoms with E-state index < -0.39 is 11.7 Å². The van der Waals surface area contributed by atoms with Crippen LogP contribution in [-0.4, -0.2) is 18.4 Å². The van der Waals surface area contributed by atoms with Crippen LogP contribution in [0.15, 0.2) is 18.2 Å². The van der Waals surface area contributed by atoms with Gasteiger partial charge in [0.15, 0.2) is 0 Å². The van der Waals surface area contributed by atoms with Gasteiger partial charge in [-0.25, -0.2) is 4.39 Å². The van der Waals surface area contributed by atoms with Gasteiger partial charge >= 0.3 is 0 Å². The number of hydrogen-bond donors (Lipinski definition) is 2. The summed E-state index contributed by atoms with van der Waals surface area (Å²) in [6.07, 6.45) is 0.0998. The number of hydrogen-bond acceptors (Lipinski definition) is 2. The number of carbonyl (C=O) groups is 2. The van der Waals surface area contributed by atoms with Gasteiger partial charge in [0.25, 0.3) is 0 Å². The lowest BCUT2D eigenvalue weighted by atomic mass is 9.89. The minimum absolute atomic E-state index is 0.0998. The smallest absolute Gasteiger partial charge is 0.228 e. The lowest BCUT2D eigenvalue weighted by molar-refractivity contribution is -0.126. The minimum Gasteiger partial charge on any atom is -0.355 e. The van der Waals surface area contributed by atoms with Crippen LogP contribution in [0.1, 0.15) is 31.7 Å². The van der Waals surface area contributed by atoms with Gasteiger partial charge in [0.2, 0.25) is 11.8 Å². The van der Waals surface area contributed by atoms with E-state index in [-0.39, 0.29) is 18.2 Å². The molecule has 1 heterocycles. The number of carbonyl (C=O) groups excluding carboxylic acids is 2. The molecule has 1 aliphatic rings. The van der Waals surface area contributed by atoms with Crippen molar-refractivity contribution in [2.45, 2.75) is 26.2 Å². The van der Waals surface area contributed by atoms with Crippen LogP contribution in [0.5, 0.6) is 0 Å². The number of amides is 2. The first-order valence-corrected chi connectivity index (χ1v) is 6.34. The van der Waals surface area contributed by atoms with E-state index in [1.807, 2.05) is 13.8 Å². The maximum Gasteiger partial charge on any atom is 0.228 e. The molecule has 0 spiro atoms. The second-order valence-electron chi connectivity index (χ2n) is 5.18. The highest BCUT2D eigenvalue weighted by Crippen LogP contribution is 2.32. The molecule has 2 rings (SSSR count). The molecule has 5 heteroatoms. The maximum absolute atomic E-state index is 13.2. The van der Waals surface area contributed by atoms with Gasteiger partial charge in [-0.05, 0) is 23.6 Å². The van der Waals surface area contributed by atoms with Crippen LogP contribution in [0.2, 0.25) is 0 Å². The SMILES string of the molecule is CC(C)CNC(=O)C1CC(=O)Nc2cc(F)ccc21. The summed E-state index contributed by atoms with van der Waals surface area (Å²) in [7, 11) is 0. The highest BCUT2D eigenvalue weighted by atomic mass is 19.1. The number of fused-ring (bicyclic) bond motifs is 1. The summed E-state index contributed by atoms with van der Waals surface area (Å²) in [4.78, 5) is 23.7. The molecule has 0 saturated carbocycles. The van der Waals surface area contributed by atoms with E-state index in [1.54, 1.807) is 6.07 Å². The molecule has 1 atom stereocenters. The molecule has 0 bridgehead atoms. The number of anilines is 1. The first kappa shape index (κ1) is 13.5. The van der Waals surface area contributed by atoms with Gasteiger partial charge in [-0.15, -0.1) is 0 Å². The monoisotopic (exact) mass is 264 g/mol.